The maximum absolute atomic E-state index is 14.2. The van der Waals surface area contributed by atoms with Gasteiger partial charge in [-0.25, -0.2) is 13.6 Å². The van der Waals surface area contributed by atoms with E-state index >= 15 is 0 Å². The van der Waals surface area contributed by atoms with E-state index in [-0.39, 0.29) is 23.2 Å². The van der Waals surface area contributed by atoms with Gasteiger partial charge >= 0.3 is 5.69 Å². The van der Waals surface area contributed by atoms with E-state index in [9.17, 15) is 18.7 Å². The summed E-state index contributed by atoms with van der Waals surface area (Å²) in [4.78, 5) is 20.1. The second-order valence-electron chi connectivity index (χ2n) is 10.3. The van der Waals surface area contributed by atoms with Crippen LogP contribution in [0.3, 0.4) is 0 Å². The summed E-state index contributed by atoms with van der Waals surface area (Å²) in [7, 11) is -2.27. The van der Waals surface area contributed by atoms with E-state index in [4.69, 9.17) is 16.0 Å². The second-order valence-corrected chi connectivity index (χ2v) is 15.6. The van der Waals surface area contributed by atoms with Crippen LogP contribution in [-0.4, -0.2) is 35.8 Å². The standard InChI is InChI=1S/C26H28ClF2N3O3Si/c1-26(2,3)36(4,5)35-14-23(15-6-9-19(28)20(29)10-15)32-24(33)22(31-25(32)34)11-16-13-30-21-12-17(27)7-8-18(16)21/h6-13,23,33H,14H2,1-5H3,(H,31,34)/b16-11+. The highest BCUT2D eigenvalue weighted by Crippen LogP contribution is 2.39. The van der Waals surface area contributed by atoms with Crippen LogP contribution in [0.15, 0.2) is 46.2 Å². The summed E-state index contributed by atoms with van der Waals surface area (Å²) >= 11 is 6.04. The number of benzene rings is 2. The third kappa shape index (κ3) is 4.96. The monoisotopic (exact) mass is 531 g/mol. The molecular formula is C26H28ClF2N3O3Si. The van der Waals surface area contributed by atoms with Crippen molar-refractivity contribution in [3.8, 4) is 5.88 Å². The zero-order valence-electron chi connectivity index (χ0n) is 20.7. The molecule has 0 saturated carbocycles. The summed E-state index contributed by atoms with van der Waals surface area (Å²) in [6.45, 7) is 10.3. The Balaban J connectivity index is 1.77. The van der Waals surface area contributed by atoms with E-state index in [1.165, 1.54) is 6.07 Å². The molecule has 1 aliphatic rings. The van der Waals surface area contributed by atoms with Gasteiger partial charge in [0, 0.05) is 22.4 Å². The number of hydrogen-bond acceptors (Lipinski definition) is 4. The number of aromatic hydroxyl groups is 1. The van der Waals surface area contributed by atoms with E-state index in [1.54, 1.807) is 30.5 Å². The van der Waals surface area contributed by atoms with Gasteiger partial charge < -0.3 is 14.5 Å². The van der Waals surface area contributed by atoms with Crippen molar-refractivity contribution in [2.45, 2.75) is 44.9 Å². The van der Waals surface area contributed by atoms with Crippen LogP contribution in [0.2, 0.25) is 23.2 Å². The van der Waals surface area contributed by atoms with Gasteiger partial charge in [0.2, 0.25) is 5.88 Å². The number of rotatable bonds is 6. The average molecular weight is 532 g/mol. The Morgan fingerprint density at radius 2 is 1.92 bits per heavy atom. The molecule has 1 atom stereocenters. The van der Waals surface area contributed by atoms with Crippen LogP contribution in [0.5, 0.6) is 5.88 Å². The summed E-state index contributed by atoms with van der Waals surface area (Å²) in [6, 6.07) is 7.77. The minimum atomic E-state index is -2.27. The molecule has 2 N–H and O–H groups in total. The fraction of sp³-hybridized carbons (Fsp3) is 0.308. The molecule has 0 fully saturated rings. The number of H-pyrrole nitrogens is 1. The van der Waals surface area contributed by atoms with Gasteiger partial charge in [-0.3, -0.25) is 9.56 Å². The molecule has 6 nitrogen and oxygen atoms in total. The first-order valence-electron chi connectivity index (χ1n) is 11.5. The topological polar surface area (TPSA) is 79.6 Å². The fourth-order valence-corrected chi connectivity index (χ4v) is 4.90. The number of imidazole rings is 1. The van der Waals surface area contributed by atoms with Gasteiger partial charge in [-0.05, 0) is 54.0 Å². The van der Waals surface area contributed by atoms with Gasteiger partial charge in [-0.1, -0.05) is 44.5 Å². The maximum atomic E-state index is 14.2. The van der Waals surface area contributed by atoms with Crippen LogP contribution >= 0.6 is 11.6 Å². The second kappa shape index (κ2) is 9.46. The van der Waals surface area contributed by atoms with Crippen molar-refractivity contribution in [1.29, 1.82) is 0 Å². The van der Waals surface area contributed by atoms with Gasteiger partial charge in [-0.2, -0.15) is 0 Å². The fourth-order valence-electron chi connectivity index (χ4n) is 3.73. The third-order valence-electron chi connectivity index (χ3n) is 6.89. The molecule has 0 spiro atoms. The van der Waals surface area contributed by atoms with E-state index in [1.807, 2.05) is 13.1 Å². The summed E-state index contributed by atoms with van der Waals surface area (Å²) in [5.74, 6) is -2.40. The minimum absolute atomic E-state index is 0.00825. The zero-order chi connectivity index (χ0) is 26.4. The SMILES string of the molecule is CC(C)(C)[Si](C)(C)OCC(c1ccc(F)c(F)c1)n1c(O)c(/C=C2\C=Nc3cc(Cl)ccc32)[nH]c1=O. The predicted octanol–water partition coefficient (Wildman–Crippen LogP) is 6.68. The number of aliphatic imine (C=N–C) groups is 1. The van der Waals surface area contributed by atoms with Crippen LogP contribution < -0.4 is 5.69 Å². The lowest BCUT2D eigenvalue weighted by Gasteiger charge is -2.37. The van der Waals surface area contributed by atoms with E-state index in [0.29, 0.717) is 21.8 Å². The molecule has 1 unspecified atom stereocenters. The third-order valence-corrected chi connectivity index (χ3v) is 11.6. The lowest BCUT2D eigenvalue weighted by atomic mass is 10.1. The first-order valence-corrected chi connectivity index (χ1v) is 14.7. The van der Waals surface area contributed by atoms with Crippen molar-refractivity contribution >= 4 is 43.5 Å². The summed E-state index contributed by atoms with van der Waals surface area (Å²) in [5.41, 5.74) is 1.99. The Labute approximate surface area is 214 Å². The number of aromatic nitrogens is 2. The molecule has 3 aromatic rings. The summed E-state index contributed by atoms with van der Waals surface area (Å²) < 4.78 is 35.3. The van der Waals surface area contributed by atoms with Crippen LogP contribution in [0.25, 0.3) is 11.6 Å². The van der Waals surface area contributed by atoms with E-state index < -0.39 is 31.7 Å². The molecule has 10 heteroatoms. The highest BCUT2D eigenvalue weighted by atomic mass is 35.5. The lowest BCUT2D eigenvalue weighted by Crippen LogP contribution is -2.42. The van der Waals surface area contributed by atoms with Crippen molar-refractivity contribution in [2.75, 3.05) is 6.61 Å². The van der Waals surface area contributed by atoms with Gasteiger partial charge in [-0.15, -0.1) is 0 Å². The molecule has 1 aromatic heterocycles. The van der Waals surface area contributed by atoms with Crippen molar-refractivity contribution < 1.29 is 18.3 Å². The molecule has 2 aromatic carbocycles. The van der Waals surface area contributed by atoms with Crippen LogP contribution in [0, 0.1) is 11.6 Å². The van der Waals surface area contributed by atoms with Crippen molar-refractivity contribution in [3.05, 3.63) is 80.4 Å². The molecule has 4 rings (SSSR count). The lowest BCUT2D eigenvalue weighted by molar-refractivity contribution is 0.237. The molecule has 190 valence electrons. The molecule has 0 aliphatic carbocycles. The first-order chi connectivity index (χ1) is 16.8. The van der Waals surface area contributed by atoms with E-state index in [0.717, 1.165) is 22.3 Å². The van der Waals surface area contributed by atoms with Gasteiger partial charge in [0.25, 0.3) is 0 Å². The van der Waals surface area contributed by atoms with Crippen LogP contribution in [0.1, 0.15) is 43.6 Å². The molecular weight excluding hydrogens is 504 g/mol. The molecule has 0 amide bonds. The Bertz CT molecular complexity index is 1440. The Hall–Kier alpha value is -3.01. The normalized spacial score (nSPS) is 15.5. The van der Waals surface area contributed by atoms with Gasteiger partial charge in [0.15, 0.2) is 20.0 Å². The van der Waals surface area contributed by atoms with Crippen molar-refractivity contribution in [1.82, 2.24) is 9.55 Å². The largest absolute Gasteiger partial charge is 0.493 e. The Morgan fingerprint density at radius 1 is 1.19 bits per heavy atom. The summed E-state index contributed by atoms with van der Waals surface area (Å²) in [5, 5.41) is 11.5. The number of fused-ring (bicyclic) bond motifs is 1. The molecule has 0 radical (unpaired) electrons. The zero-order valence-corrected chi connectivity index (χ0v) is 22.5. The highest BCUT2D eigenvalue weighted by molar-refractivity contribution is 6.74. The molecule has 1 aliphatic heterocycles. The van der Waals surface area contributed by atoms with E-state index in [2.05, 4.69) is 30.7 Å². The average Bonchev–Trinajstić information content (AvgIpc) is 3.30. The Kier molecular flexibility index (Phi) is 6.85. The highest BCUT2D eigenvalue weighted by Gasteiger charge is 2.38. The number of hydrogen-bond donors (Lipinski definition) is 2. The smallest absolute Gasteiger partial charge is 0.329 e. The van der Waals surface area contributed by atoms with Crippen molar-refractivity contribution in [2.24, 2.45) is 4.99 Å². The molecule has 2 heterocycles. The first kappa shape index (κ1) is 26.1. The predicted molar refractivity (Wildman–Crippen MR) is 142 cm³/mol. The van der Waals surface area contributed by atoms with Gasteiger partial charge in [0.05, 0.1) is 18.3 Å². The van der Waals surface area contributed by atoms with Crippen LogP contribution in [0.4, 0.5) is 14.5 Å². The number of allylic oxidation sites excluding steroid dienone is 1. The number of nitrogens with one attached hydrogen (secondary N) is 1. The summed E-state index contributed by atoms with van der Waals surface area (Å²) in [6.07, 6.45) is 3.22. The quantitative estimate of drug-likeness (QED) is 0.348. The maximum Gasteiger partial charge on any atom is 0.329 e. The van der Waals surface area contributed by atoms with Crippen LogP contribution in [-0.2, 0) is 4.43 Å². The number of halogens is 3. The molecule has 0 bridgehead atoms. The number of nitrogens with zero attached hydrogens (tertiary/aromatic N) is 2. The Morgan fingerprint density at radius 3 is 2.58 bits per heavy atom. The number of aromatic amines is 1. The minimum Gasteiger partial charge on any atom is -0.493 e. The molecule has 0 saturated heterocycles. The molecule has 36 heavy (non-hydrogen) atoms. The van der Waals surface area contributed by atoms with Crippen molar-refractivity contribution in [3.63, 3.8) is 0 Å². The van der Waals surface area contributed by atoms with Gasteiger partial charge in [0.1, 0.15) is 5.69 Å².